The van der Waals surface area contributed by atoms with E-state index in [1.807, 2.05) is 0 Å². The van der Waals surface area contributed by atoms with Crippen LogP contribution in [0, 0.1) is 0 Å². The van der Waals surface area contributed by atoms with E-state index >= 15 is 0 Å². The van der Waals surface area contributed by atoms with E-state index in [9.17, 15) is 0 Å². The smallest absolute Gasteiger partial charge is 0.0195 e. The van der Waals surface area contributed by atoms with Gasteiger partial charge in [0.2, 0.25) is 0 Å². The number of nitrogens with one attached hydrogen (secondary N) is 1. The van der Waals surface area contributed by atoms with Gasteiger partial charge in [-0.2, -0.15) is 0 Å². The second-order valence-electron chi connectivity index (χ2n) is 5.50. The molecular weight excluding hydrogens is 220 g/mol. The van der Waals surface area contributed by atoms with Crippen molar-refractivity contribution in [3.05, 3.63) is 35.9 Å². The minimum absolute atomic E-state index is 0.740. The van der Waals surface area contributed by atoms with E-state index in [1.54, 1.807) is 0 Å². The zero-order valence-corrected chi connectivity index (χ0v) is 11.6. The lowest BCUT2D eigenvalue weighted by Crippen LogP contribution is -2.35. The molecule has 1 aliphatic heterocycles. The molecule has 0 unspecified atom stereocenters. The number of unbranched alkanes of at least 4 members (excludes halogenated alkanes) is 1. The molecule has 2 rings (SSSR count). The van der Waals surface area contributed by atoms with Gasteiger partial charge < -0.3 is 10.2 Å². The Morgan fingerprint density at radius 1 is 1.22 bits per heavy atom. The lowest BCUT2D eigenvalue weighted by atomic mass is 10.1. The van der Waals surface area contributed by atoms with Crippen LogP contribution in [0.4, 0.5) is 0 Å². The van der Waals surface area contributed by atoms with E-state index in [0.717, 1.165) is 6.04 Å². The number of hydrogen-bond donors (Lipinski definition) is 1. The Balaban J connectivity index is 1.54. The average Bonchev–Trinajstić information content (AvgIpc) is 2.89. The Morgan fingerprint density at radius 3 is 2.78 bits per heavy atom. The van der Waals surface area contributed by atoms with Crippen molar-refractivity contribution >= 4 is 0 Å². The maximum atomic E-state index is 3.56. The van der Waals surface area contributed by atoms with Crippen LogP contribution in [-0.4, -0.2) is 37.6 Å². The summed E-state index contributed by atoms with van der Waals surface area (Å²) in [4.78, 5) is 2.48. The first-order valence-corrected chi connectivity index (χ1v) is 7.30. The lowest BCUT2D eigenvalue weighted by molar-refractivity contribution is 0.294. The van der Waals surface area contributed by atoms with Crippen molar-refractivity contribution in [3.63, 3.8) is 0 Å². The minimum Gasteiger partial charge on any atom is -0.313 e. The van der Waals surface area contributed by atoms with E-state index in [-0.39, 0.29) is 0 Å². The van der Waals surface area contributed by atoms with Gasteiger partial charge in [0.15, 0.2) is 0 Å². The molecule has 1 aliphatic rings. The summed E-state index contributed by atoms with van der Waals surface area (Å²) in [6.45, 7) is 3.66. The van der Waals surface area contributed by atoms with Crippen molar-refractivity contribution in [2.45, 2.75) is 38.1 Å². The molecule has 18 heavy (non-hydrogen) atoms. The highest BCUT2D eigenvalue weighted by Gasteiger charge is 2.15. The summed E-state index contributed by atoms with van der Waals surface area (Å²) in [5.41, 5.74) is 1.47. The van der Waals surface area contributed by atoms with Gasteiger partial charge in [0, 0.05) is 12.6 Å². The normalized spacial score (nSPS) is 19.6. The summed E-state index contributed by atoms with van der Waals surface area (Å²) < 4.78 is 0. The van der Waals surface area contributed by atoms with Gasteiger partial charge in [0.1, 0.15) is 0 Å². The van der Waals surface area contributed by atoms with E-state index < -0.39 is 0 Å². The molecule has 1 aromatic rings. The standard InChI is InChI=1S/C16H26N2/c1-18(14-16-11-7-12-17-16)13-6-5-10-15-8-3-2-4-9-15/h2-4,8-9,16-17H,5-7,10-14H2,1H3/t16-/m0/s1. The van der Waals surface area contributed by atoms with E-state index in [4.69, 9.17) is 0 Å². The van der Waals surface area contributed by atoms with Crippen LogP contribution in [-0.2, 0) is 6.42 Å². The van der Waals surface area contributed by atoms with Crippen molar-refractivity contribution in [1.29, 1.82) is 0 Å². The molecule has 1 saturated heterocycles. The molecule has 0 aromatic heterocycles. The van der Waals surface area contributed by atoms with E-state index in [0.29, 0.717) is 0 Å². The Labute approximate surface area is 111 Å². The zero-order valence-electron chi connectivity index (χ0n) is 11.6. The van der Waals surface area contributed by atoms with Crippen molar-refractivity contribution < 1.29 is 0 Å². The van der Waals surface area contributed by atoms with Crippen LogP contribution in [0.5, 0.6) is 0 Å². The Hall–Kier alpha value is -0.860. The van der Waals surface area contributed by atoms with Crippen LogP contribution in [0.25, 0.3) is 0 Å². The SMILES string of the molecule is CN(CCCCc1ccccc1)C[C@@H]1CCCN1. The molecule has 0 amide bonds. The third-order valence-electron chi connectivity index (χ3n) is 3.79. The van der Waals surface area contributed by atoms with Crippen LogP contribution in [0.2, 0.25) is 0 Å². The molecule has 0 saturated carbocycles. The zero-order chi connectivity index (χ0) is 12.6. The fraction of sp³-hybridized carbons (Fsp3) is 0.625. The van der Waals surface area contributed by atoms with Crippen molar-refractivity contribution in [3.8, 4) is 0 Å². The summed E-state index contributed by atoms with van der Waals surface area (Å²) in [6, 6.07) is 11.6. The monoisotopic (exact) mass is 246 g/mol. The summed E-state index contributed by atoms with van der Waals surface area (Å²) in [6.07, 6.45) is 6.53. The number of benzene rings is 1. The predicted molar refractivity (Wildman–Crippen MR) is 77.9 cm³/mol. The van der Waals surface area contributed by atoms with Gasteiger partial charge in [-0.1, -0.05) is 30.3 Å². The Bertz CT molecular complexity index is 317. The van der Waals surface area contributed by atoms with Gasteiger partial charge in [-0.15, -0.1) is 0 Å². The van der Waals surface area contributed by atoms with Gasteiger partial charge in [-0.05, 0) is 57.8 Å². The highest BCUT2D eigenvalue weighted by molar-refractivity contribution is 5.14. The highest BCUT2D eigenvalue weighted by atomic mass is 15.1. The molecule has 100 valence electrons. The number of likely N-dealkylation sites (N-methyl/N-ethyl adjacent to an activating group) is 1. The van der Waals surface area contributed by atoms with Gasteiger partial charge in [-0.25, -0.2) is 0 Å². The molecule has 2 heteroatoms. The summed E-state index contributed by atoms with van der Waals surface area (Å²) in [5.74, 6) is 0. The number of aryl methyl sites for hydroxylation is 1. The van der Waals surface area contributed by atoms with Crippen LogP contribution in [0.1, 0.15) is 31.2 Å². The van der Waals surface area contributed by atoms with E-state index in [2.05, 4.69) is 47.6 Å². The third-order valence-corrected chi connectivity index (χ3v) is 3.79. The molecule has 1 N–H and O–H groups in total. The van der Waals surface area contributed by atoms with Gasteiger partial charge in [-0.3, -0.25) is 0 Å². The van der Waals surface area contributed by atoms with Crippen LogP contribution >= 0.6 is 0 Å². The first kappa shape index (κ1) is 13.6. The summed E-state index contributed by atoms with van der Waals surface area (Å²) in [5, 5.41) is 3.56. The maximum absolute atomic E-state index is 3.56. The molecular formula is C16H26N2. The lowest BCUT2D eigenvalue weighted by Gasteiger charge is -2.20. The molecule has 1 aromatic carbocycles. The predicted octanol–water partition coefficient (Wildman–Crippen LogP) is 2.69. The second kappa shape index (κ2) is 7.55. The number of hydrogen-bond acceptors (Lipinski definition) is 2. The second-order valence-corrected chi connectivity index (χ2v) is 5.50. The molecule has 0 spiro atoms. The summed E-state index contributed by atoms with van der Waals surface area (Å²) >= 11 is 0. The van der Waals surface area contributed by atoms with Gasteiger partial charge in [0.25, 0.3) is 0 Å². The maximum Gasteiger partial charge on any atom is 0.0195 e. The fourth-order valence-corrected chi connectivity index (χ4v) is 2.74. The number of nitrogens with zero attached hydrogens (tertiary/aromatic N) is 1. The molecule has 0 radical (unpaired) electrons. The molecule has 2 nitrogen and oxygen atoms in total. The van der Waals surface area contributed by atoms with E-state index in [1.165, 1.54) is 57.3 Å². The van der Waals surface area contributed by atoms with Crippen molar-refractivity contribution in [2.24, 2.45) is 0 Å². The minimum atomic E-state index is 0.740. The van der Waals surface area contributed by atoms with Crippen LogP contribution in [0.15, 0.2) is 30.3 Å². The highest BCUT2D eigenvalue weighted by Crippen LogP contribution is 2.08. The topological polar surface area (TPSA) is 15.3 Å². The quantitative estimate of drug-likeness (QED) is 0.744. The largest absolute Gasteiger partial charge is 0.313 e. The van der Waals surface area contributed by atoms with Gasteiger partial charge in [0.05, 0.1) is 0 Å². The van der Waals surface area contributed by atoms with Crippen molar-refractivity contribution in [2.75, 3.05) is 26.7 Å². The molecule has 1 heterocycles. The summed E-state index contributed by atoms with van der Waals surface area (Å²) in [7, 11) is 2.25. The molecule has 0 aliphatic carbocycles. The Morgan fingerprint density at radius 2 is 2.06 bits per heavy atom. The van der Waals surface area contributed by atoms with Gasteiger partial charge >= 0.3 is 0 Å². The molecule has 0 bridgehead atoms. The van der Waals surface area contributed by atoms with Crippen molar-refractivity contribution in [1.82, 2.24) is 10.2 Å². The van der Waals surface area contributed by atoms with Crippen LogP contribution in [0.3, 0.4) is 0 Å². The first-order valence-electron chi connectivity index (χ1n) is 7.30. The third kappa shape index (κ3) is 4.79. The Kier molecular flexibility index (Phi) is 5.69. The van der Waals surface area contributed by atoms with Crippen LogP contribution < -0.4 is 5.32 Å². The molecule has 1 fully saturated rings. The average molecular weight is 246 g/mol. The molecule has 1 atom stereocenters. The fourth-order valence-electron chi connectivity index (χ4n) is 2.74. The first-order chi connectivity index (χ1) is 8.84. The number of rotatable bonds is 7.